The Balaban J connectivity index is 3.73. The first-order valence-corrected chi connectivity index (χ1v) is 11.6. The summed E-state index contributed by atoms with van der Waals surface area (Å²) in [7, 11) is 0. The summed E-state index contributed by atoms with van der Waals surface area (Å²) >= 11 is 0. The van der Waals surface area contributed by atoms with Gasteiger partial charge in [-0.3, -0.25) is 4.79 Å². The average molecular weight is 417 g/mol. The molecule has 0 aromatic rings. The molecule has 0 unspecified atom stereocenters. The van der Waals surface area contributed by atoms with E-state index in [-0.39, 0.29) is 11.8 Å². The fourth-order valence-electron chi connectivity index (χ4n) is 2.89. The van der Waals surface area contributed by atoms with Gasteiger partial charge in [-0.2, -0.15) is 0 Å². The molecule has 0 spiro atoms. The Morgan fingerprint density at radius 1 is 0.800 bits per heavy atom. The summed E-state index contributed by atoms with van der Waals surface area (Å²) in [5, 5.41) is 13.6. The normalized spacial score (nSPS) is 13.3. The van der Waals surface area contributed by atoms with Gasteiger partial charge in [0.15, 0.2) is 0 Å². The highest BCUT2D eigenvalue weighted by atomic mass is 16.4. The molecule has 4 nitrogen and oxygen atoms in total. The second-order valence-electron chi connectivity index (χ2n) is 8.05. The third kappa shape index (κ3) is 19.2. The van der Waals surface area contributed by atoms with E-state index in [1.54, 1.807) is 0 Å². The molecule has 0 saturated heterocycles. The molecule has 1 atom stereocenters. The molecule has 0 aliphatic carbocycles. The lowest BCUT2D eigenvalue weighted by atomic mass is 10.0. The van der Waals surface area contributed by atoms with Crippen LogP contribution in [0.25, 0.3) is 0 Å². The van der Waals surface area contributed by atoms with Crippen molar-refractivity contribution < 1.29 is 14.7 Å². The topological polar surface area (TPSA) is 69.2 Å². The summed E-state index contributed by atoms with van der Waals surface area (Å²) < 4.78 is 0. The highest BCUT2D eigenvalue weighted by molar-refractivity contribution is 5.82. The number of rotatable bonds is 18. The minimum atomic E-state index is -1.21. The number of amides is 1. The summed E-state index contributed by atoms with van der Waals surface area (Å²) in [5.74, 6) is -1.24. The number of carbonyl (C=O) groups excluding carboxylic acids is 2. The van der Waals surface area contributed by atoms with E-state index in [9.17, 15) is 14.7 Å². The van der Waals surface area contributed by atoms with Gasteiger partial charge in [0, 0.05) is 6.42 Å². The van der Waals surface area contributed by atoms with Gasteiger partial charge in [-0.15, -0.1) is 0 Å². The average Bonchev–Trinajstić information content (AvgIpc) is 2.69. The van der Waals surface area contributed by atoms with E-state index >= 15 is 0 Å². The zero-order valence-corrected chi connectivity index (χ0v) is 19.3. The van der Waals surface area contributed by atoms with E-state index in [0.717, 1.165) is 25.7 Å². The molecule has 0 aromatic heterocycles. The zero-order valence-electron chi connectivity index (χ0n) is 19.3. The summed E-state index contributed by atoms with van der Waals surface area (Å²) in [5.41, 5.74) is 0. The van der Waals surface area contributed by atoms with Crippen LogP contribution in [0.3, 0.4) is 0 Å². The molecule has 0 rings (SSSR count). The maximum Gasteiger partial charge on any atom is 0.220 e. The van der Waals surface area contributed by atoms with Crippen LogP contribution in [-0.2, 0) is 9.59 Å². The summed E-state index contributed by atoms with van der Waals surface area (Å²) in [6, 6.07) is -0.894. The molecular weight excluding hydrogens is 374 g/mol. The molecule has 0 aromatic carbocycles. The maximum absolute atomic E-state index is 11.9. The lowest BCUT2D eigenvalue weighted by Crippen LogP contribution is -2.48. The van der Waals surface area contributed by atoms with Gasteiger partial charge in [-0.25, -0.2) is 0 Å². The van der Waals surface area contributed by atoms with E-state index in [2.05, 4.69) is 60.8 Å². The van der Waals surface area contributed by atoms with Gasteiger partial charge >= 0.3 is 0 Å². The fraction of sp³-hybridized carbons (Fsp3) is 0.615. The number of carboxylic acids is 1. The molecule has 4 heteroatoms. The van der Waals surface area contributed by atoms with Crippen LogP contribution in [0.4, 0.5) is 0 Å². The number of hydrogen-bond acceptors (Lipinski definition) is 3. The van der Waals surface area contributed by atoms with Crippen LogP contribution in [0.5, 0.6) is 0 Å². The summed E-state index contributed by atoms with van der Waals surface area (Å²) in [6.07, 6.45) is 27.6. The fourth-order valence-corrected chi connectivity index (χ4v) is 2.89. The Hall–Kier alpha value is -2.10. The predicted molar refractivity (Wildman–Crippen MR) is 125 cm³/mol. The number of unbranched alkanes of at least 4 members (excludes halogenated alkanes) is 4. The first-order valence-electron chi connectivity index (χ1n) is 11.6. The van der Waals surface area contributed by atoms with Gasteiger partial charge in [-0.1, -0.05) is 82.2 Å². The first kappa shape index (κ1) is 27.9. The second-order valence-corrected chi connectivity index (χ2v) is 8.05. The number of carbonyl (C=O) groups is 2. The lowest BCUT2D eigenvalue weighted by Gasteiger charge is -2.21. The summed E-state index contributed by atoms with van der Waals surface area (Å²) in [6.45, 7) is 6.07. The Bertz CT molecular complexity index is 559. The number of hydrogen-bond donors (Lipinski definition) is 1. The van der Waals surface area contributed by atoms with E-state index in [1.165, 1.54) is 25.7 Å². The van der Waals surface area contributed by atoms with Crippen molar-refractivity contribution in [2.75, 3.05) is 0 Å². The third-order valence-electron chi connectivity index (χ3n) is 4.56. The molecule has 0 aliphatic heterocycles. The highest BCUT2D eigenvalue weighted by Crippen LogP contribution is 2.06. The van der Waals surface area contributed by atoms with Crippen LogP contribution in [0, 0.1) is 5.92 Å². The van der Waals surface area contributed by atoms with Crippen LogP contribution >= 0.6 is 0 Å². The first-order chi connectivity index (χ1) is 14.5. The maximum atomic E-state index is 11.9. The molecule has 0 saturated carbocycles. The van der Waals surface area contributed by atoms with Gasteiger partial charge in [0.2, 0.25) is 5.91 Å². The van der Waals surface area contributed by atoms with E-state index < -0.39 is 12.0 Å². The van der Waals surface area contributed by atoms with Crippen molar-refractivity contribution in [3.05, 3.63) is 48.6 Å². The molecular formula is C26H42NO3-. The van der Waals surface area contributed by atoms with Crippen molar-refractivity contribution in [1.82, 2.24) is 5.32 Å². The van der Waals surface area contributed by atoms with Crippen LogP contribution in [-0.4, -0.2) is 17.9 Å². The second kappa shape index (κ2) is 20.2. The third-order valence-corrected chi connectivity index (χ3v) is 4.56. The summed E-state index contributed by atoms with van der Waals surface area (Å²) in [4.78, 5) is 22.9. The quantitative estimate of drug-likeness (QED) is 0.240. The highest BCUT2D eigenvalue weighted by Gasteiger charge is 2.14. The SMILES string of the molecule is CCCCC/C=C\C/C=C\C/C=C\C/C=C\CCCC(=O)N[C@@H](CC(C)C)C(=O)[O-]. The molecule has 0 fully saturated rings. The number of aliphatic carboxylic acids is 1. The van der Waals surface area contributed by atoms with Gasteiger partial charge in [-0.05, 0) is 57.3 Å². The largest absolute Gasteiger partial charge is 0.548 e. The van der Waals surface area contributed by atoms with Gasteiger partial charge in [0.1, 0.15) is 0 Å². The molecule has 170 valence electrons. The van der Waals surface area contributed by atoms with Crippen molar-refractivity contribution in [3.8, 4) is 0 Å². The van der Waals surface area contributed by atoms with Crippen molar-refractivity contribution in [2.24, 2.45) is 5.92 Å². The predicted octanol–water partition coefficient (Wildman–Crippen LogP) is 5.41. The van der Waals surface area contributed by atoms with Gasteiger partial charge in [0.05, 0.1) is 12.0 Å². The lowest BCUT2D eigenvalue weighted by molar-refractivity contribution is -0.308. The van der Waals surface area contributed by atoms with Gasteiger partial charge in [0.25, 0.3) is 0 Å². The van der Waals surface area contributed by atoms with E-state index in [0.29, 0.717) is 19.3 Å². The van der Waals surface area contributed by atoms with Crippen molar-refractivity contribution in [1.29, 1.82) is 0 Å². The van der Waals surface area contributed by atoms with Crippen LogP contribution < -0.4 is 10.4 Å². The molecule has 1 N–H and O–H groups in total. The van der Waals surface area contributed by atoms with Crippen LogP contribution in [0.1, 0.15) is 91.4 Å². The van der Waals surface area contributed by atoms with Crippen molar-refractivity contribution in [2.45, 2.75) is 97.4 Å². The minimum Gasteiger partial charge on any atom is -0.548 e. The monoisotopic (exact) mass is 416 g/mol. The Kier molecular flexibility index (Phi) is 18.8. The Morgan fingerprint density at radius 2 is 1.30 bits per heavy atom. The Morgan fingerprint density at radius 3 is 1.77 bits per heavy atom. The molecule has 30 heavy (non-hydrogen) atoms. The molecule has 0 heterocycles. The van der Waals surface area contributed by atoms with Crippen LogP contribution in [0.2, 0.25) is 0 Å². The molecule has 0 bridgehead atoms. The van der Waals surface area contributed by atoms with E-state index in [1.807, 2.05) is 13.8 Å². The molecule has 0 aliphatic rings. The van der Waals surface area contributed by atoms with Crippen LogP contribution in [0.15, 0.2) is 48.6 Å². The number of nitrogens with one attached hydrogen (secondary N) is 1. The standard InChI is InChI=1S/C26H43NO3/c1-4-5-6-7-8-9-10-11-12-13-14-15-16-17-18-19-20-21-25(28)27-24(26(29)30)22-23(2)3/h8-9,11-12,14-15,17-18,23-24H,4-7,10,13,16,19-22H2,1-3H3,(H,27,28)(H,29,30)/p-1/b9-8-,12-11-,15-14-,18-17-/t24-/m0/s1. The zero-order chi connectivity index (χ0) is 22.5. The number of carboxylic acid groups (broad SMARTS) is 1. The van der Waals surface area contributed by atoms with E-state index in [4.69, 9.17) is 0 Å². The smallest absolute Gasteiger partial charge is 0.220 e. The van der Waals surface area contributed by atoms with Crippen molar-refractivity contribution >= 4 is 11.9 Å². The Labute approximate surface area is 184 Å². The molecule has 1 amide bonds. The van der Waals surface area contributed by atoms with Gasteiger partial charge < -0.3 is 15.2 Å². The van der Waals surface area contributed by atoms with Crippen molar-refractivity contribution in [3.63, 3.8) is 0 Å². The number of allylic oxidation sites excluding steroid dienone is 8. The molecule has 0 radical (unpaired) electrons. The minimum absolute atomic E-state index is 0.192.